The molecule has 0 radical (unpaired) electrons. The average molecular weight is 237 g/mol. The van der Waals surface area contributed by atoms with Crippen LogP contribution in [0.3, 0.4) is 0 Å². The van der Waals surface area contributed by atoms with Gasteiger partial charge in [0.25, 0.3) is 0 Å². The van der Waals surface area contributed by atoms with E-state index in [2.05, 4.69) is 0 Å². The van der Waals surface area contributed by atoms with E-state index in [-0.39, 0.29) is 5.69 Å². The Bertz CT molecular complexity index is 390. The Morgan fingerprint density at radius 3 is 2.40 bits per heavy atom. The van der Waals surface area contributed by atoms with Crippen molar-refractivity contribution >= 4 is 14.4 Å². The van der Waals surface area contributed by atoms with Crippen molar-refractivity contribution in [1.29, 1.82) is 0 Å². The predicted octanol–water partition coefficient (Wildman–Crippen LogP) is 3.05. The normalized spacial score (nSPS) is 17.7. The molecule has 1 nitrogen and oxygen atoms in total. The van der Waals surface area contributed by atoms with E-state index < -0.39 is 23.3 Å². The second-order valence-corrected chi connectivity index (χ2v) is 4.59. The molecule has 1 aliphatic heterocycles. The second-order valence-electron chi connectivity index (χ2n) is 3.23. The largest absolute Gasteiger partial charge is 0.351 e. The summed E-state index contributed by atoms with van der Waals surface area (Å²) in [6, 6.07) is 0.714. The summed E-state index contributed by atoms with van der Waals surface area (Å²) in [5, 5.41) is 0. The molecule has 1 unspecified atom stereocenters. The molecule has 2 rings (SSSR count). The first kappa shape index (κ1) is 10.7. The molecule has 15 heavy (non-hydrogen) atoms. The van der Waals surface area contributed by atoms with Gasteiger partial charge in [0.05, 0.1) is 5.69 Å². The number of hydrogen-bond donors (Lipinski definition) is 0. The molecule has 1 aromatic carbocycles. The van der Waals surface area contributed by atoms with Crippen molar-refractivity contribution in [2.75, 3.05) is 17.4 Å². The fourth-order valence-corrected chi connectivity index (χ4v) is 2.73. The molecule has 1 aliphatic rings. The molecule has 1 atom stereocenters. The third-order valence-electron chi connectivity index (χ3n) is 2.24. The third kappa shape index (κ3) is 1.81. The number of nitrogens with zero attached hydrogens (tertiary/aromatic N) is 1. The maximum Gasteiger partial charge on any atom is 0.199 e. The molecule has 0 spiro atoms. The molecule has 1 heterocycles. The lowest BCUT2D eigenvalue weighted by atomic mass is 10.2. The zero-order chi connectivity index (χ0) is 11.0. The lowest BCUT2D eigenvalue weighted by Crippen LogP contribution is -2.12. The van der Waals surface area contributed by atoms with Crippen LogP contribution in [0.25, 0.3) is 0 Å². The Morgan fingerprint density at radius 2 is 1.80 bits per heavy atom. The minimum atomic E-state index is -1.75. The number of rotatable bonds is 1. The van der Waals surface area contributed by atoms with E-state index in [0.717, 1.165) is 12.6 Å². The highest BCUT2D eigenvalue weighted by Crippen LogP contribution is 2.36. The number of hydrogen-bond acceptors (Lipinski definition) is 1. The molecule has 0 saturated carbocycles. The van der Waals surface area contributed by atoms with Crippen LogP contribution in [0.5, 0.6) is 0 Å². The summed E-state index contributed by atoms with van der Waals surface area (Å²) in [7, 11) is 0.301. The van der Waals surface area contributed by atoms with Crippen LogP contribution in [-0.4, -0.2) is 12.7 Å². The van der Waals surface area contributed by atoms with Gasteiger partial charge >= 0.3 is 0 Å². The molecule has 6 heteroatoms. The highest BCUT2D eigenvalue weighted by Gasteiger charge is 2.23. The Kier molecular flexibility index (Phi) is 2.83. The van der Waals surface area contributed by atoms with Crippen LogP contribution >= 0.6 is 8.73 Å². The topological polar surface area (TPSA) is 3.24 Å². The van der Waals surface area contributed by atoms with Crippen molar-refractivity contribution in [3.63, 3.8) is 0 Å². The van der Waals surface area contributed by atoms with Crippen LogP contribution in [0, 0.1) is 23.3 Å². The second kappa shape index (κ2) is 3.97. The van der Waals surface area contributed by atoms with E-state index in [4.69, 9.17) is 0 Å². The van der Waals surface area contributed by atoms with Gasteiger partial charge in [-0.1, -0.05) is 0 Å². The van der Waals surface area contributed by atoms with Gasteiger partial charge in [0.15, 0.2) is 23.3 Å². The summed E-state index contributed by atoms with van der Waals surface area (Å²) in [4.78, 5) is 0. The molecule has 1 fully saturated rings. The van der Waals surface area contributed by atoms with Gasteiger partial charge in [-0.2, -0.15) is 0 Å². The standard InChI is InChI=1S/C9H8F4NP/c10-5-4-6(14-2-1-3-15-14)8(12)9(13)7(5)11/h4,15H,1-3H2. The summed E-state index contributed by atoms with van der Waals surface area (Å²) in [5.74, 6) is -6.13. The average Bonchev–Trinajstić information content (AvgIpc) is 2.73. The summed E-state index contributed by atoms with van der Waals surface area (Å²) in [5.41, 5.74) is -0.178. The van der Waals surface area contributed by atoms with Gasteiger partial charge < -0.3 is 4.67 Å². The first-order chi connectivity index (χ1) is 7.11. The van der Waals surface area contributed by atoms with Gasteiger partial charge in [0, 0.05) is 12.6 Å². The molecule has 0 bridgehead atoms. The molecule has 0 aliphatic carbocycles. The molecular weight excluding hydrogens is 229 g/mol. The Morgan fingerprint density at radius 1 is 1.07 bits per heavy atom. The number of halogens is 4. The van der Waals surface area contributed by atoms with E-state index in [1.165, 1.54) is 0 Å². The molecule has 1 aromatic rings. The Balaban J connectivity index is 2.47. The molecule has 0 N–H and O–H groups in total. The monoisotopic (exact) mass is 237 g/mol. The van der Waals surface area contributed by atoms with Crippen LogP contribution < -0.4 is 4.67 Å². The van der Waals surface area contributed by atoms with Crippen LogP contribution in [0.2, 0.25) is 0 Å². The van der Waals surface area contributed by atoms with Gasteiger partial charge in [-0.05, 0) is 21.3 Å². The lowest BCUT2D eigenvalue weighted by Gasteiger charge is -2.18. The molecule has 0 amide bonds. The van der Waals surface area contributed by atoms with Crippen molar-refractivity contribution in [1.82, 2.24) is 0 Å². The van der Waals surface area contributed by atoms with E-state index >= 15 is 0 Å². The van der Waals surface area contributed by atoms with Crippen LogP contribution in [0.1, 0.15) is 6.42 Å². The maximum atomic E-state index is 13.3. The number of anilines is 1. The van der Waals surface area contributed by atoms with Crippen molar-refractivity contribution in [2.24, 2.45) is 0 Å². The van der Waals surface area contributed by atoms with E-state index in [1.807, 2.05) is 0 Å². The predicted molar refractivity (Wildman–Crippen MR) is 51.4 cm³/mol. The van der Waals surface area contributed by atoms with Gasteiger partial charge in [-0.15, -0.1) is 0 Å². The summed E-state index contributed by atoms with van der Waals surface area (Å²) in [6.07, 6.45) is 1.73. The minimum absolute atomic E-state index is 0.178. The fraction of sp³-hybridized carbons (Fsp3) is 0.333. The zero-order valence-electron chi connectivity index (χ0n) is 7.66. The van der Waals surface area contributed by atoms with Crippen molar-refractivity contribution in [3.8, 4) is 0 Å². The summed E-state index contributed by atoms with van der Waals surface area (Å²) >= 11 is 0. The first-order valence-electron chi connectivity index (χ1n) is 4.45. The van der Waals surface area contributed by atoms with Gasteiger partial charge in [0.1, 0.15) is 0 Å². The summed E-state index contributed by atoms with van der Waals surface area (Å²) in [6.45, 7) is 0.555. The quantitative estimate of drug-likeness (QED) is 0.314. The SMILES string of the molecule is Fc1cc(N2CCCP2)c(F)c(F)c1F. The van der Waals surface area contributed by atoms with Crippen LogP contribution in [0.4, 0.5) is 23.2 Å². The Hall–Kier alpha value is -0.830. The Labute approximate surface area is 85.9 Å². The van der Waals surface area contributed by atoms with E-state index in [1.54, 1.807) is 4.67 Å². The molecule has 0 aromatic heterocycles. The zero-order valence-corrected chi connectivity index (χ0v) is 8.66. The van der Waals surface area contributed by atoms with Crippen molar-refractivity contribution < 1.29 is 17.6 Å². The molecule has 1 saturated heterocycles. The highest BCUT2D eigenvalue weighted by molar-refractivity contribution is 7.40. The first-order valence-corrected chi connectivity index (χ1v) is 5.60. The molecular formula is C9H8F4NP. The van der Waals surface area contributed by atoms with E-state index in [0.29, 0.717) is 21.3 Å². The van der Waals surface area contributed by atoms with Gasteiger partial charge in [-0.25, -0.2) is 17.6 Å². The van der Waals surface area contributed by atoms with Crippen LogP contribution in [-0.2, 0) is 0 Å². The van der Waals surface area contributed by atoms with Crippen LogP contribution in [0.15, 0.2) is 6.07 Å². The van der Waals surface area contributed by atoms with Crippen molar-refractivity contribution in [3.05, 3.63) is 29.3 Å². The fourth-order valence-electron chi connectivity index (χ4n) is 1.49. The third-order valence-corrected chi connectivity index (χ3v) is 3.66. The maximum absolute atomic E-state index is 13.3. The smallest absolute Gasteiger partial charge is 0.199 e. The van der Waals surface area contributed by atoms with Crippen molar-refractivity contribution in [2.45, 2.75) is 6.42 Å². The van der Waals surface area contributed by atoms with Gasteiger partial charge in [-0.3, -0.25) is 0 Å². The van der Waals surface area contributed by atoms with Gasteiger partial charge in [0.2, 0.25) is 0 Å². The lowest BCUT2D eigenvalue weighted by molar-refractivity contribution is 0.410. The summed E-state index contributed by atoms with van der Waals surface area (Å²) < 4.78 is 53.2. The number of benzene rings is 1. The minimum Gasteiger partial charge on any atom is -0.351 e. The highest BCUT2D eigenvalue weighted by atomic mass is 31.1. The van der Waals surface area contributed by atoms with E-state index in [9.17, 15) is 17.6 Å². The molecule has 82 valence electrons.